The van der Waals surface area contributed by atoms with Gasteiger partial charge in [-0.05, 0) is 57.4 Å². The molecule has 174 valence electrons. The second-order valence-electron chi connectivity index (χ2n) is 9.00. The molecule has 5 nitrogen and oxygen atoms in total. The van der Waals surface area contributed by atoms with Crippen LogP contribution in [-0.4, -0.2) is 17.0 Å². The molecule has 4 rings (SSSR count). The van der Waals surface area contributed by atoms with E-state index in [2.05, 4.69) is 5.32 Å². The van der Waals surface area contributed by atoms with E-state index in [-0.39, 0.29) is 48.6 Å². The minimum absolute atomic E-state index is 0.141. The Kier molecular flexibility index (Phi) is 5.99. The lowest BCUT2D eigenvalue weighted by Crippen LogP contribution is -2.25. The Morgan fingerprint density at radius 1 is 1.18 bits per heavy atom. The summed E-state index contributed by atoms with van der Waals surface area (Å²) in [4.78, 5) is 24.8. The number of carboxylic acids is 1. The molecule has 1 aliphatic carbocycles. The molecule has 0 bridgehead atoms. The van der Waals surface area contributed by atoms with E-state index in [1.807, 2.05) is 19.9 Å². The van der Waals surface area contributed by atoms with E-state index >= 15 is 0 Å². The van der Waals surface area contributed by atoms with E-state index in [1.165, 1.54) is 6.07 Å². The van der Waals surface area contributed by atoms with Crippen LogP contribution < -0.4 is 10.7 Å². The number of aryl methyl sites for hydroxylation is 1. The molecule has 7 heteroatoms. The van der Waals surface area contributed by atoms with Crippen LogP contribution in [0.1, 0.15) is 77.4 Å². The highest BCUT2D eigenvalue weighted by Crippen LogP contribution is 2.42. The van der Waals surface area contributed by atoms with Crippen molar-refractivity contribution in [3.8, 4) is 0 Å². The monoisotopic (exact) mass is 455 g/mol. The van der Waals surface area contributed by atoms with Crippen molar-refractivity contribution in [2.24, 2.45) is 0 Å². The van der Waals surface area contributed by atoms with Crippen LogP contribution >= 0.6 is 0 Å². The number of hydrogen-bond acceptors (Lipinski definition) is 4. The number of para-hydroxylation sites is 1. The van der Waals surface area contributed by atoms with E-state index in [9.17, 15) is 23.5 Å². The molecular weight excluding hydrogens is 428 g/mol. The minimum atomic E-state index is -2.67. The van der Waals surface area contributed by atoms with Gasteiger partial charge in [-0.3, -0.25) is 4.79 Å². The first kappa shape index (κ1) is 23.0. The van der Waals surface area contributed by atoms with Crippen molar-refractivity contribution in [2.45, 2.75) is 64.3 Å². The molecule has 1 saturated carbocycles. The quantitative estimate of drug-likeness (QED) is 0.455. The van der Waals surface area contributed by atoms with Crippen molar-refractivity contribution in [2.75, 3.05) is 5.32 Å². The summed E-state index contributed by atoms with van der Waals surface area (Å²) in [5.74, 6) is -3.46. The van der Waals surface area contributed by atoms with Gasteiger partial charge in [0.1, 0.15) is 11.3 Å². The molecule has 3 aromatic rings. The van der Waals surface area contributed by atoms with Gasteiger partial charge in [-0.1, -0.05) is 18.2 Å². The molecular formula is C26H27F2NO4. The van der Waals surface area contributed by atoms with E-state index in [0.717, 1.165) is 5.56 Å². The average Bonchev–Trinajstić information content (AvgIpc) is 2.76. The van der Waals surface area contributed by atoms with Crippen LogP contribution in [0.15, 0.2) is 45.6 Å². The van der Waals surface area contributed by atoms with Crippen molar-refractivity contribution in [3.63, 3.8) is 0 Å². The molecule has 0 saturated heterocycles. The van der Waals surface area contributed by atoms with E-state index < -0.39 is 11.9 Å². The highest BCUT2D eigenvalue weighted by atomic mass is 19.3. The van der Waals surface area contributed by atoms with Crippen LogP contribution in [0.2, 0.25) is 0 Å². The third-order valence-corrected chi connectivity index (χ3v) is 6.51. The first-order chi connectivity index (χ1) is 15.6. The van der Waals surface area contributed by atoms with Crippen LogP contribution in [0.5, 0.6) is 0 Å². The fourth-order valence-corrected chi connectivity index (χ4v) is 4.70. The van der Waals surface area contributed by atoms with Gasteiger partial charge in [0.15, 0.2) is 5.43 Å². The lowest BCUT2D eigenvalue weighted by Gasteiger charge is -2.28. The third-order valence-electron chi connectivity index (χ3n) is 6.51. The van der Waals surface area contributed by atoms with Crippen LogP contribution in [0.4, 0.5) is 14.5 Å². The van der Waals surface area contributed by atoms with Gasteiger partial charge in [0.05, 0.1) is 17.0 Å². The number of carbonyl (C=O) groups is 1. The molecule has 0 aliphatic heterocycles. The van der Waals surface area contributed by atoms with Gasteiger partial charge in [0, 0.05) is 35.6 Å². The van der Waals surface area contributed by atoms with E-state index in [0.29, 0.717) is 33.5 Å². The summed E-state index contributed by atoms with van der Waals surface area (Å²) in [6, 6.07) is 9.91. The first-order valence-electron chi connectivity index (χ1n) is 11.1. The summed E-state index contributed by atoms with van der Waals surface area (Å²) in [7, 11) is 0. The molecule has 1 fully saturated rings. The first-order valence-corrected chi connectivity index (χ1v) is 11.1. The summed E-state index contributed by atoms with van der Waals surface area (Å²) in [5, 5.41) is 13.2. The minimum Gasteiger partial charge on any atom is -0.478 e. The lowest BCUT2D eigenvalue weighted by molar-refractivity contribution is -0.0395. The van der Waals surface area contributed by atoms with Crippen LogP contribution in [0, 0.1) is 13.8 Å². The normalized spacial score (nSPS) is 17.1. The molecule has 33 heavy (non-hydrogen) atoms. The maximum atomic E-state index is 13.7. The van der Waals surface area contributed by atoms with Gasteiger partial charge in [0.25, 0.3) is 0 Å². The Hall–Kier alpha value is -3.22. The number of aromatic carboxylic acids is 1. The average molecular weight is 456 g/mol. The van der Waals surface area contributed by atoms with E-state index in [1.54, 1.807) is 31.2 Å². The maximum Gasteiger partial charge on any atom is 0.337 e. The van der Waals surface area contributed by atoms with Gasteiger partial charge in [-0.2, -0.15) is 0 Å². The fourth-order valence-electron chi connectivity index (χ4n) is 4.70. The fraction of sp³-hybridized carbons (Fsp3) is 0.385. The Morgan fingerprint density at radius 2 is 1.85 bits per heavy atom. The smallest absolute Gasteiger partial charge is 0.337 e. The van der Waals surface area contributed by atoms with Gasteiger partial charge < -0.3 is 14.8 Å². The summed E-state index contributed by atoms with van der Waals surface area (Å²) >= 11 is 0. The van der Waals surface area contributed by atoms with Gasteiger partial charge in [-0.15, -0.1) is 0 Å². The number of alkyl halides is 2. The number of anilines is 1. The van der Waals surface area contributed by atoms with Crippen molar-refractivity contribution >= 4 is 22.6 Å². The molecule has 0 radical (unpaired) electrons. The Balaban J connectivity index is 1.80. The zero-order valence-corrected chi connectivity index (χ0v) is 18.9. The molecule has 0 amide bonds. The molecule has 1 unspecified atom stereocenters. The molecule has 1 heterocycles. The SMILES string of the molecule is Cc1cc(C(C)Nc2ccccc2C(=O)O)c2oc(C3CCC(F)(F)CC3)c(C)c(=O)c2c1. The largest absolute Gasteiger partial charge is 0.478 e. The molecule has 1 atom stereocenters. The highest BCUT2D eigenvalue weighted by Gasteiger charge is 2.37. The molecule has 0 spiro atoms. The van der Waals surface area contributed by atoms with E-state index in [4.69, 9.17) is 4.42 Å². The Morgan fingerprint density at radius 3 is 2.52 bits per heavy atom. The summed E-state index contributed by atoms with van der Waals surface area (Å²) in [6.45, 7) is 5.44. The second-order valence-corrected chi connectivity index (χ2v) is 9.00. The zero-order valence-electron chi connectivity index (χ0n) is 18.9. The van der Waals surface area contributed by atoms with Crippen LogP contribution in [-0.2, 0) is 0 Å². The molecule has 2 aromatic carbocycles. The Labute approximate surface area is 190 Å². The van der Waals surface area contributed by atoms with Crippen molar-refractivity contribution in [1.29, 1.82) is 0 Å². The number of benzene rings is 2. The lowest BCUT2D eigenvalue weighted by atomic mass is 9.83. The van der Waals surface area contributed by atoms with Gasteiger partial charge in [-0.25, -0.2) is 13.6 Å². The van der Waals surface area contributed by atoms with Crippen molar-refractivity contribution in [1.82, 2.24) is 0 Å². The molecule has 2 N–H and O–H groups in total. The summed E-state index contributed by atoms with van der Waals surface area (Å²) < 4.78 is 33.7. The van der Waals surface area contributed by atoms with Gasteiger partial charge >= 0.3 is 5.97 Å². The van der Waals surface area contributed by atoms with Crippen LogP contribution in [0.3, 0.4) is 0 Å². The number of carboxylic acid groups (broad SMARTS) is 1. The number of nitrogens with one attached hydrogen (secondary N) is 1. The third kappa shape index (κ3) is 4.49. The Bertz CT molecular complexity index is 1270. The number of rotatable bonds is 5. The maximum absolute atomic E-state index is 13.7. The van der Waals surface area contributed by atoms with Crippen LogP contribution in [0.25, 0.3) is 11.0 Å². The number of halogens is 2. The molecule has 1 aromatic heterocycles. The standard InChI is InChI=1S/C26H27F2NO4/c1-14-12-19(16(3)29-21-7-5-4-6-18(21)25(31)32)24-20(13-14)22(30)15(2)23(33-24)17-8-10-26(27,28)11-9-17/h4-7,12-13,16-17,29H,8-11H2,1-3H3,(H,31,32). The summed E-state index contributed by atoms with van der Waals surface area (Å²) in [5.41, 5.74) is 2.90. The number of hydrogen-bond donors (Lipinski definition) is 2. The van der Waals surface area contributed by atoms with Crippen molar-refractivity contribution < 1.29 is 23.1 Å². The predicted octanol–water partition coefficient (Wildman–Crippen LogP) is 6.57. The second kappa shape index (κ2) is 8.61. The topological polar surface area (TPSA) is 79.5 Å². The number of fused-ring (bicyclic) bond motifs is 1. The highest BCUT2D eigenvalue weighted by molar-refractivity contribution is 5.94. The molecule has 1 aliphatic rings. The summed E-state index contributed by atoms with van der Waals surface area (Å²) in [6.07, 6.45) is 0.0968. The predicted molar refractivity (Wildman–Crippen MR) is 124 cm³/mol. The van der Waals surface area contributed by atoms with Gasteiger partial charge in [0.2, 0.25) is 5.92 Å². The zero-order chi connectivity index (χ0) is 23.9. The van der Waals surface area contributed by atoms with Crippen molar-refractivity contribution in [3.05, 3.63) is 74.6 Å².